The third-order valence-electron chi connectivity index (χ3n) is 2.82. The van der Waals surface area contributed by atoms with Crippen molar-refractivity contribution < 1.29 is 9.50 Å². The molecule has 1 N–H and O–H groups in total. The molecule has 0 aliphatic rings. The molecule has 1 heterocycles. The SMILES string of the molecule is Oc1ccc(-n2nnnc2SCc2ccc(F)cc2)cc1. The van der Waals surface area contributed by atoms with Gasteiger partial charge in [-0.05, 0) is 52.4 Å². The van der Waals surface area contributed by atoms with Crippen LogP contribution in [0.1, 0.15) is 5.56 Å². The first-order valence-electron chi connectivity index (χ1n) is 6.17. The highest BCUT2D eigenvalue weighted by Crippen LogP contribution is 2.23. The summed E-state index contributed by atoms with van der Waals surface area (Å²) < 4.78 is 14.4. The average molecular weight is 302 g/mol. The van der Waals surface area contributed by atoms with Crippen molar-refractivity contribution in [3.63, 3.8) is 0 Å². The molecular weight excluding hydrogens is 291 g/mol. The lowest BCUT2D eigenvalue weighted by molar-refractivity contribution is 0.475. The summed E-state index contributed by atoms with van der Waals surface area (Å²) in [5.41, 5.74) is 1.75. The molecule has 0 aliphatic heterocycles. The van der Waals surface area contributed by atoms with Crippen LogP contribution in [0.15, 0.2) is 53.7 Å². The molecule has 0 saturated heterocycles. The third kappa shape index (κ3) is 3.19. The van der Waals surface area contributed by atoms with Crippen LogP contribution in [0, 0.1) is 5.82 Å². The molecule has 5 nitrogen and oxygen atoms in total. The summed E-state index contributed by atoms with van der Waals surface area (Å²) in [5, 5.41) is 21.5. The van der Waals surface area contributed by atoms with Gasteiger partial charge in [0.1, 0.15) is 11.6 Å². The van der Waals surface area contributed by atoms with Crippen LogP contribution in [-0.4, -0.2) is 25.3 Å². The van der Waals surface area contributed by atoms with Crippen LogP contribution in [0.3, 0.4) is 0 Å². The Morgan fingerprint density at radius 3 is 2.48 bits per heavy atom. The van der Waals surface area contributed by atoms with Crippen LogP contribution < -0.4 is 0 Å². The zero-order valence-electron chi connectivity index (χ0n) is 10.8. The Bertz CT molecular complexity index is 727. The molecule has 21 heavy (non-hydrogen) atoms. The topological polar surface area (TPSA) is 63.8 Å². The van der Waals surface area contributed by atoms with E-state index in [0.29, 0.717) is 10.9 Å². The Morgan fingerprint density at radius 2 is 1.76 bits per heavy atom. The van der Waals surface area contributed by atoms with Crippen LogP contribution in [0.4, 0.5) is 4.39 Å². The van der Waals surface area contributed by atoms with Gasteiger partial charge in [0.15, 0.2) is 0 Å². The number of hydrogen-bond acceptors (Lipinski definition) is 5. The van der Waals surface area contributed by atoms with Crippen molar-refractivity contribution in [3.8, 4) is 11.4 Å². The van der Waals surface area contributed by atoms with Crippen LogP contribution in [0.5, 0.6) is 5.75 Å². The minimum Gasteiger partial charge on any atom is -0.508 e. The summed E-state index contributed by atoms with van der Waals surface area (Å²) in [6.07, 6.45) is 0. The van der Waals surface area contributed by atoms with Crippen molar-refractivity contribution in [1.29, 1.82) is 0 Å². The normalized spacial score (nSPS) is 10.7. The Labute approximate surface area is 124 Å². The maximum absolute atomic E-state index is 12.9. The first-order valence-corrected chi connectivity index (χ1v) is 7.16. The molecule has 0 radical (unpaired) electrons. The van der Waals surface area contributed by atoms with Crippen molar-refractivity contribution >= 4 is 11.8 Å². The summed E-state index contributed by atoms with van der Waals surface area (Å²) in [6.45, 7) is 0. The number of halogens is 1. The molecule has 2 aromatic carbocycles. The van der Waals surface area contributed by atoms with Gasteiger partial charge in [0.05, 0.1) is 5.69 Å². The van der Waals surface area contributed by atoms with Crippen LogP contribution in [-0.2, 0) is 5.75 Å². The Balaban J connectivity index is 1.76. The number of hydrogen-bond donors (Lipinski definition) is 1. The average Bonchev–Trinajstić information content (AvgIpc) is 2.96. The van der Waals surface area contributed by atoms with Crippen molar-refractivity contribution in [3.05, 3.63) is 59.9 Å². The van der Waals surface area contributed by atoms with Crippen LogP contribution >= 0.6 is 11.8 Å². The van der Waals surface area contributed by atoms with Gasteiger partial charge >= 0.3 is 0 Å². The highest BCUT2D eigenvalue weighted by atomic mass is 32.2. The van der Waals surface area contributed by atoms with Crippen molar-refractivity contribution in [1.82, 2.24) is 20.2 Å². The zero-order chi connectivity index (χ0) is 14.7. The van der Waals surface area contributed by atoms with E-state index < -0.39 is 0 Å². The number of nitrogens with zero attached hydrogens (tertiary/aromatic N) is 4. The van der Waals surface area contributed by atoms with Gasteiger partial charge < -0.3 is 5.11 Å². The Morgan fingerprint density at radius 1 is 1.05 bits per heavy atom. The van der Waals surface area contributed by atoms with E-state index >= 15 is 0 Å². The number of benzene rings is 2. The first-order chi connectivity index (χ1) is 10.2. The number of tetrazole rings is 1. The Kier molecular flexibility index (Phi) is 3.83. The molecule has 1 aromatic heterocycles. The summed E-state index contributed by atoms with van der Waals surface area (Å²) in [5.74, 6) is 0.573. The minimum absolute atomic E-state index is 0.187. The van der Waals surface area contributed by atoms with Gasteiger partial charge in [-0.2, -0.15) is 4.68 Å². The van der Waals surface area contributed by atoms with Gasteiger partial charge in [-0.25, -0.2) is 4.39 Å². The fourth-order valence-electron chi connectivity index (χ4n) is 1.75. The fourth-order valence-corrected chi connectivity index (χ4v) is 2.60. The predicted octanol–water partition coefficient (Wildman–Crippen LogP) is 2.80. The van der Waals surface area contributed by atoms with E-state index in [1.807, 2.05) is 0 Å². The summed E-state index contributed by atoms with van der Waals surface area (Å²) in [4.78, 5) is 0. The van der Waals surface area contributed by atoms with Crippen LogP contribution in [0.2, 0.25) is 0 Å². The molecule has 3 rings (SSSR count). The molecule has 106 valence electrons. The third-order valence-corrected chi connectivity index (χ3v) is 3.81. The van der Waals surface area contributed by atoms with Crippen molar-refractivity contribution in [2.45, 2.75) is 10.9 Å². The van der Waals surface area contributed by atoms with E-state index in [1.54, 1.807) is 41.1 Å². The lowest BCUT2D eigenvalue weighted by Gasteiger charge is -2.04. The lowest BCUT2D eigenvalue weighted by Crippen LogP contribution is -1.98. The number of aromatic nitrogens is 4. The van der Waals surface area contributed by atoms with Gasteiger partial charge in [-0.3, -0.25) is 0 Å². The number of aromatic hydroxyl groups is 1. The molecule has 0 amide bonds. The number of phenols is 1. The molecule has 0 aliphatic carbocycles. The molecule has 0 unspecified atom stereocenters. The summed E-state index contributed by atoms with van der Waals surface area (Å²) >= 11 is 1.45. The molecule has 0 atom stereocenters. The minimum atomic E-state index is -0.252. The quantitative estimate of drug-likeness (QED) is 0.751. The summed E-state index contributed by atoms with van der Waals surface area (Å²) in [6, 6.07) is 12.9. The monoisotopic (exact) mass is 302 g/mol. The maximum Gasteiger partial charge on any atom is 0.214 e. The second-order valence-corrected chi connectivity index (χ2v) is 5.25. The molecule has 0 fully saturated rings. The lowest BCUT2D eigenvalue weighted by atomic mass is 10.2. The fraction of sp³-hybridized carbons (Fsp3) is 0.0714. The van der Waals surface area contributed by atoms with E-state index in [-0.39, 0.29) is 11.6 Å². The maximum atomic E-state index is 12.9. The van der Waals surface area contributed by atoms with Gasteiger partial charge in [-0.1, -0.05) is 23.9 Å². The Hall–Kier alpha value is -2.41. The van der Waals surface area contributed by atoms with E-state index in [0.717, 1.165) is 11.3 Å². The van der Waals surface area contributed by atoms with E-state index in [1.165, 1.54) is 23.9 Å². The van der Waals surface area contributed by atoms with Gasteiger partial charge in [0, 0.05) is 5.75 Å². The standard InChI is InChI=1S/C14H11FN4OS/c15-11-3-1-10(2-4-11)9-21-14-16-17-18-19(14)12-5-7-13(20)8-6-12/h1-8,20H,9H2. The van der Waals surface area contributed by atoms with E-state index in [2.05, 4.69) is 15.5 Å². The number of thioether (sulfide) groups is 1. The second-order valence-electron chi connectivity index (χ2n) is 4.30. The molecule has 3 aromatic rings. The number of rotatable bonds is 4. The van der Waals surface area contributed by atoms with Crippen molar-refractivity contribution in [2.75, 3.05) is 0 Å². The molecule has 0 bridgehead atoms. The molecule has 7 heteroatoms. The highest BCUT2D eigenvalue weighted by Gasteiger charge is 2.09. The number of phenolic OH excluding ortho intramolecular Hbond substituents is 1. The van der Waals surface area contributed by atoms with E-state index in [4.69, 9.17) is 0 Å². The first kappa shape index (κ1) is 13.6. The highest BCUT2D eigenvalue weighted by molar-refractivity contribution is 7.98. The van der Waals surface area contributed by atoms with E-state index in [9.17, 15) is 9.50 Å². The van der Waals surface area contributed by atoms with Gasteiger partial charge in [-0.15, -0.1) is 5.10 Å². The molecule has 0 spiro atoms. The molecular formula is C14H11FN4OS. The largest absolute Gasteiger partial charge is 0.508 e. The zero-order valence-corrected chi connectivity index (χ0v) is 11.7. The van der Waals surface area contributed by atoms with Crippen molar-refractivity contribution in [2.24, 2.45) is 0 Å². The second kappa shape index (κ2) is 5.92. The smallest absolute Gasteiger partial charge is 0.214 e. The van der Waals surface area contributed by atoms with Gasteiger partial charge in [0.25, 0.3) is 0 Å². The molecule has 0 saturated carbocycles. The predicted molar refractivity (Wildman–Crippen MR) is 76.8 cm³/mol. The van der Waals surface area contributed by atoms with Crippen LogP contribution in [0.25, 0.3) is 5.69 Å². The summed E-state index contributed by atoms with van der Waals surface area (Å²) in [7, 11) is 0. The van der Waals surface area contributed by atoms with Gasteiger partial charge in [0.2, 0.25) is 5.16 Å².